The number of hydrogen-bond donors (Lipinski definition) is 0. The molecule has 80 valence electrons. The Bertz CT molecular complexity index is 658. The smallest absolute Gasteiger partial charge is 0.207 e. The van der Waals surface area contributed by atoms with Crippen molar-refractivity contribution in [2.75, 3.05) is 0 Å². The van der Waals surface area contributed by atoms with E-state index < -0.39 is 0 Å². The molecule has 3 rings (SSSR count). The van der Waals surface area contributed by atoms with E-state index in [9.17, 15) is 5.21 Å². The SMILES string of the molecule is Cn1cnc(-c2nc3c[n+]([O-])ccc3s2)c1. The molecule has 0 N–H and O–H groups in total. The van der Waals surface area contributed by atoms with E-state index in [4.69, 9.17) is 0 Å². The number of hydrogen-bond acceptors (Lipinski definition) is 4. The Morgan fingerprint density at radius 1 is 1.50 bits per heavy atom. The van der Waals surface area contributed by atoms with E-state index in [2.05, 4.69) is 9.97 Å². The number of nitrogens with zero attached hydrogens (tertiary/aromatic N) is 4. The molecule has 0 radical (unpaired) electrons. The zero-order chi connectivity index (χ0) is 11.1. The fourth-order valence-electron chi connectivity index (χ4n) is 1.49. The molecule has 0 saturated carbocycles. The summed E-state index contributed by atoms with van der Waals surface area (Å²) in [6.45, 7) is 0. The minimum atomic E-state index is 0.711. The molecule has 3 aromatic rings. The lowest BCUT2D eigenvalue weighted by atomic mass is 10.4. The number of imidazole rings is 1. The third-order valence-corrected chi connectivity index (χ3v) is 3.29. The van der Waals surface area contributed by atoms with Crippen molar-refractivity contribution in [2.24, 2.45) is 7.05 Å². The van der Waals surface area contributed by atoms with Gasteiger partial charge in [0.2, 0.25) is 6.20 Å². The Kier molecular flexibility index (Phi) is 1.90. The maximum absolute atomic E-state index is 11.1. The molecular weight excluding hydrogens is 224 g/mol. The summed E-state index contributed by atoms with van der Waals surface area (Å²) < 4.78 is 3.62. The van der Waals surface area contributed by atoms with Crippen molar-refractivity contribution in [3.8, 4) is 10.7 Å². The Balaban J connectivity index is 2.18. The average Bonchev–Trinajstić information content (AvgIpc) is 2.83. The van der Waals surface area contributed by atoms with Crippen molar-refractivity contribution < 1.29 is 4.73 Å². The second kappa shape index (κ2) is 3.28. The molecule has 0 unspecified atom stereocenters. The Labute approximate surface area is 95.2 Å². The molecule has 0 aliphatic heterocycles. The van der Waals surface area contributed by atoms with Gasteiger partial charge in [0.25, 0.3) is 0 Å². The van der Waals surface area contributed by atoms with Gasteiger partial charge >= 0.3 is 0 Å². The zero-order valence-electron chi connectivity index (χ0n) is 8.49. The van der Waals surface area contributed by atoms with Crippen molar-refractivity contribution >= 4 is 21.6 Å². The van der Waals surface area contributed by atoms with E-state index in [0.717, 1.165) is 20.1 Å². The van der Waals surface area contributed by atoms with Crippen LogP contribution in [-0.2, 0) is 7.05 Å². The van der Waals surface area contributed by atoms with E-state index >= 15 is 0 Å². The number of aryl methyl sites for hydroxylation is 1. The Morgan fingerprint density at radius 2 is 2.38 bits per heavy atom. The Morgan fingerprint density at radius 3 is 3.12 bits per heavy atom. The molecule has 3 heterocycles. The highest BCUT2D eigenvalue weighted by Crippen LogP contribution is 2.27. The largest absolute Gasteiger partial charge is 0.619 e. The van der Waals surface area contributed by atoms with Gasteiger partial charge in [-0.3, -0.25) is 0 Å². The number of rotatable bonds is 1. The summed E-state index contributed by atoms with van der Waals surface area (Å²) in [4.78, 5) is 8.61. The first kappa shape index (κ1) is 9.29. The molecule has 6 heteroatoms. The van der Waals surface area contributed by atoms with Crippen LogP contribution in [0, 0.1) is 5.21 Å². The first-order valence-electron chi connectivity index (χ1n) is 4.70. The molecule has 5 nitrogen and oxygen atoms in total. The third kappa shape index (κ3) is 1.43. The second-order valence-electron chi connectivity index (χ2n) is 3.50. The van der Waals surface area contributed by atoms with Crippen LogP contribution in [0.5, 0.6) is 0 Å². The standard InChI is InChI=1S/C10H8N4OS/c1-13-4-8(11-6-13)10-12-7-5-14(15)3-2-9(7)16-10/h2-6H,1H3. The van der Waals surface area contributed by atoms with Gasteiger partial charge in [-0.05, 0) is 0 Å². The van der Waals surface area contributed by atoms with Crippen molar-refractivity contribution in [1.29, 1.82) is 0 Å². The summed E-state index contributed by atoms with van der Waals surface area (Å²) in [5.74, 6) is 0. The van der Waals surface area contributed by atoms with E-state index in [-0.39, 0.29) is 0 Å². The zero-order valence-corrected chi connectivity index (χ0v) is 9.31. The van der Waals surface area contributed by atoms with Crippen LogP contribution in [0.25, 0.3) is 20.9 Å². The quantitative estimate of drug-likeness (QED) is 0.470. The molecule has 0 bridgehead atoms. The monoisotopic (exact) mass is 232 g/mol. The van der Waals surface area contributed by atoms with Gasteiger partial charge in [-0.1, -0.05) is 0 Å². The fourth-order valence-corrected chi connectivity index (χ4v) is 2.39. The van der Waals surface area contributed by atoms with Crippen LogP contribution in [-0.4, -0.2) is 14.5 Å². The molecule has 0 fully saturated rings. The third-order valence-electron chi connectivity index (χ3n) is 2.23. The van der Waals surface area contributed by atoms with Crippen LogP contribution >= 0.6 is 11.3 Å². The fraction of sp³-hybridized carbons (Fsp3) is 0.100. The molecule has 0 atom stereocenters. The van der Waals surface area contributed by atoms with E-state index in [0.29, 0.717) is 5.52 Å². The van der Waals surface area contributed by atoms with Crippen molar-refractivity contribution in [2.45, 2.75) is 0 Å². The van der Waals surface area contributed by atoms with Gasteiger partial charge in [-0.2, -0.15) is 4.73 Å². The highest BCUT2D eigenvalue weighted by atomic mass is 32.1. The molecule has 0 saturated heterocycles. The van der Waals surface area contributed by atoms with Crippen LogP contribution < -0.4 is 4.73 Å². The first-order chi connectivity index (χ1) is 7.72. The first-order valence-corrected chi connectivity index (χ1v) is 5.52. The van der Waals surface area contributed by atoms with Crippen LogP contribution in [0.4, 0.5) is 0 Å². The lowest BCUT2D eigenvalue weighted by molar-refractivity contribution is -0.603. The van der Waals surface area contributed by atoms with E-state index in [1.165, 1.54) is 23.7 Å². The summed E-state index contributed by atoms with van der Waals surface area (Å²) in [6, 6.07) is 1.77. The molecule has 3 aromatic heterocycles. The summed E-state index contributed by atoms with van der Waals surface area (Å²) in [7, 11) is 1.91. The van der Waals surface area contributed by atoms with Gasteiger partial charge in [0.05, 0.1) is 11.0 Å². The number of thiazole rings is 1. The maximum atomic E-state index is 11.1. The highest BCUT2D eigenvalue weighted by Gasteiger charge is 2.10. The summed E-state index contributed by atoms with van der Waals surface area (Å²) >= 11 is 1.53. The number of aromatic nitrogens is 4. The summed E-state index contributed by atoms with van der Waals surface area (Å²) in [6.07, 6.45) is 6.58. The van der Waals surface area contributed by atoms with Gasteiger partial charge in [0, 0.05) is 19.3 Å². The van der Waals surface area contributed by atoms with Gasteiger partial charge in [0.1, 0.15) is 16.2 Å². The predicted octanol–water partition coefficient (Wildman–Crippen LogP) is 1.33. The summed E-state index contributed by atoms with van der Waals surface area (Å²) in [5.41, 5.74) is 1.55. The van der Waals surface area contributed by atoms with Crippen LogP contribution in [0.2, 0.25) is 0 Å². The molecular formula is C10H8N4OS. The van der Waals surface area contributed by atoms with Gasteiger partial charge in [-0.15, -0.1) is 11.3 Å². The highest BCUT2D eigenvalue weighted by molar-refractivity contribution is 7.21. The van der Waals surface area contributed by atoms with Crippen molar-refractivity contribution in [3.05, 3.63) is 36.2 Å². The number of pyridine rings is 1. The lowest BCUT2D eigenvalue weighted by Gasteiger charge is -1.91. The number of fused-ring (bicyclic) bond motifs is 1. The normalized spacial score (nSPS) is 11.1. The molecule has 0 amide bonds. The maximum Gasteiger partial charge on any atom is 0.207 e. The predicted molar refractivity (Wildman–Crippen MR) is 60.8 cm³/mol. The van der Waals surface area contributed by atoms with Crippen molar-refractivity contribution in [3.63, 3.8) is 0 Å². The van der Waals surface area contributed by atoms with Gasteiger partial charge < -0.3 is 9.77 Å². The van der Waals surface area contributed by atoms with E-state index in [1.807, 2.05) is 17.8 Å². The van der Waals surface area contributed by atoms with Crippen molar-refractivity contribution in [1.82, 2.24) is 14.5 Å². The molecule has 16 heavy (non-hydrogen) atoms. The minimum absolute atomic E-state index is 0.711. The molecule has 0 spiro atoms. The molecule has 0 aromatic carbocycles. The van der Waals surface area contributed by atoms with Gasteiger partial charge in [-0.25, -0.2) is 9.97 Å². The van der Waals surface area contributed by atoms with E-state index in [1.54, 1.807) is 12.4 Å². The van der Waals surface area contributed by atoms with Crippen LogP contribution in [0.3, 0.4) is 0 Å². The summed E-state index contributed by atoms with van der Waals surface area (Å²) in [5, 5.41) is 11.9. The molecule has 0 aliphatic rings. The average molecular weight is 232 g/mol. The lowest BCUT2D eigenvalue weighted by Crippen LogP contribution is -2.23. The second-order valence-corrected chi connectivity index (χ2v) is 4.53. The van der Waals surface area contributed by atoms with Gasteiger partial charge in [0.15, 0.2) is 6.20 Å². The topological polar surface area (TPSA) is 57.7 Å². The van der Waals surface area contributed by atoms with Crippen LogP contribution in [0.15, 0.2) is 31.0 Å². The Hall–Kier alpha value is -1.95. The minimum Gasteiger partial charge on any atom is -0.619 e. The van der Waals surface area contributed by atoms with Crippen LogP contribution in [0.1, 0.15) is 0 Å². The molecule has 0 aliphatic carbocycles.